The standard InChI is InChI=1S/C22H30N4O4S/c1-16-22(17(2)30-24-16)31(28,29)26-14-12-25(13-15-26)11-10-21(27)23-20-9-5-7-18-6-3-4-8-19(18)20/h3-4,6,8,20H,5,7,9-15H2,1-2H3,(H,23,27). The molecule has 2 heterocycles. The summed E-state index contributed by atoms with van der Waals surface area (Å²) in [5.74, 6) is 0.369. The Balaban J connectivity index is 1.27. The Morgan fingerprint density at radius 1 is 1.19 bits per heavy atom. The fourth-order valence-corrected chi connectivity index (χ4v) is 6.31. The van der Waals surface area contributed by atoms with Gasteiger partial charge in [0.15, 0.2) is 5.76 Å². The second-order valence-corrected chi connectivity index (χ2v) is 10.2. The number of amides is 1. The first-order chi connectivity index (χ1) is 14.9. The number of aromatic nitrogens is 1. The van der Waals surface area contributed by atoms with E-state index in [0.29, 0.717) is 50.6 Å². The number of rotatable bonds is 6. The van der Waals surface area contributed by atoms with Gasteiger partial charge in [0, 0.05) is 39.1 Å². The van der Waals surface area contributed by atoms with Gasteiger partial charge in [-0.2, -0.15) is 4.31 Å². The summed E-state index contributed by atoms with van der Waals surface area (Å²) in [6, 6.07) is 8.42. The van der Waals surface area contributed by atoms with Gasteiger partial charge in [0.1, 0.15) is 10.6 Å². The van der Waals surface area contributed by atoms with Gasteiger partial charge < -0.3 is 14.7 Å². The van der Waals surface area contributed by atoms with E-state index < -0.39 is 10.0 Å². The maximum absolute atomic E-state index is 12.9. The number of nitrogens with zero attached hydrogens (tertiary/aromatic N) is 3. The van der Waals surface area contributed by atoms with Crippen LogP contribution in [0.2, 0.25) is 0 Å². The predicted octanol–water partition coefficient (Wildman–Crippen LogP) is 2.18. The fourth-order valence-electron chi connectivity index (χ4n) is 4.60. The lowest BCUT2D eigenvalue weighted by atomic mass is 9.87. The summed E-state index contributed by atoms with van der Waals surface area (Å²) in [6.07, 6.45) is 3.55. The highest BCUT2D eigenvalue weighted by Gasteiger charge is 2.33. The van der Waals surface area contributed by atoms with Gasteiger partial charge in [0.05, 0.1) is 6.04 Å². The molecule has 1 amide bonds. The topological polar surface area (TPSA) is 95.8 Å². The van der Waals surface area contributed by atoms with Crippen LogP contribution in [0, 0.1) is 13.8 Å². The molecule has 1 aliphatic heterocycles. The van der Waals surface area contributed by atoms with Crippen LogP contribution in [0.5, 0.6) is 0 Å². The molecule has 0 saturated carbocycles. The van der Waals surface area contributed by atoms with Gasteiger partial charge >= 0.3 is 0 Å². The first-order valence-corrected chi connectivity index (χ1v) is 12.3. The van der Waals surface area contributed by atoms with E-state index in [1.165, 1.54) is 15.4 Å². The molecule has 2 aliphatic rings. The normalized spacial score (nSPS) is 20.4. The number of carbonyl (C=O) groups is 1. The lowest BCUT2D eigenvalue weighted by Gasteiger charge is -2.34. The van der Waals surface area contributed by atoms with E-state index in [9.17, 15) is 13.2 Å². The zero-order valence-corrected chi connectivity index (χ0v) is 19.0. The molecule has 1 fully saturated rings. The number of benzene rings is 1. The molecule has 0 spiro atoms. The van der Waals surface area contributed by atoms with E-state index in [4.69, 9.17) is 4.52 Å². The molecular weight excluding hydrogens is 416 g/mol. The van der Waals surface area contributed by atoms with Gasteiger partial charge in [-0.15, -0.1) is 0 Å². The molecule has 1 atom stereocenters. The molecule has 1 N–H and O–H groups in total. The van der Waals surface area contributed by atoms with Crippen LogP contribution >= 0.6 is 0 Å². The molecular formula is C22H30N4O4S. The summed E-state index contributed by atoms with van der Waals surface area (Å²) in [5.41, 5.74) is 2.95. The molecule has 1 aliphatic carbocycles. The van der Waals surface area contributed by atoms with Crippen molar-refractivity contribution in [2.24, 2.45) is 0 Å². The van der Waals surface area contributed by atoms with Crippen molar-refractivity contribution in [1.82, 2.24) is 19.7 Å². The van der Waals surface area contributed by atoms with Crippen LogP contribution in [0.4, 0.5) is 0 Å². The summed E-state index contributed by atoms with van der Waals surface area (Å²) in [4.78, 5) is 14.9. The van der Waals surface area contributed by atoms with E-state index >= 15 is 0 Å². The Hall–Kier alpha value is -2.23. The lowest BCUT2D eigenvalue weighted by molar-refractivity contribution is -0.122. The zero-order valence-electron chi connectivity index (χ0n) is 18.1. The molecule has 0 radical (unpaired) electrons. The van der Waals surface area contributed by atoms with Gasteiger partial charge in [-0.05, 0) is 44.2 Å². The van der Waals surface area contributed by atoms with E-state index in [1.54, 1.807) is 13.8 Å². The summed E-state index contributed by atoms with van der Waals surface area (Å²) in [7, 11) is -3.61. The second-order valence-electron chi connectivity index (χ2n) is 8.36. The third kappa shape index (κ3) is 4.68. The van der Waals surface area contributed by atoms with Crippen molar-refractivity contribution in [2.75, 3.05) is 32.7 Å². The lowest BCUT2D eigenvalue weighted by Crippen LogP contribution is -2.49. The van der Waals surface area contributed by atoms with Crippen LogP contribution in [0.3, 0.4) is 0 Å². The van der Waals surface area contributed by atoms with E-state index in [1.807, 2.05) is 6.07 Å². The van der Waals surface area contributed by atoms with Crippen molar-refractivity contribution in [3.8, 4) is 0 Å². The molecule has 31 heavy (non-hydrogen) atoms. The Morgan fingerprint density at radius 3 is 2.65 bits per heavy atom. The Morgan fingerprint density at radius 2 is 1.94 bits per heavy atom. The average Bonchev–Trinajstić information content (AvgIpc) is 3.11. The largest absolute Gasteiger partial charge is 0.360 e. The Bertz CT molecular complexity index is 1020. The number of nitrogens with one attached hydrogen (secondary N) is 1. The minimum atomic E-state index is -3.61. The third-order valence-electron chi connectivity index (χ3n) is 6.26. The number of sulfonamides is 1. The molecule has 0 bridgehead atoms. The van der Waals surface area contributed by atoms with E-state index in [0.717, 1.165) is 19.3 Å². The van der Waals surface area contributed by atoms with Gasteiger partial charge in [0.2, 0.25) is 15.9 Å². The Labute approximate surface area is 183 Å². The van der Waals surface area contributed by atoms with Gasteiger partial charge in [-0.3, -0.25) is 4.79 Å². The molecule has 8 nitrogen and oxygen atoms in total. The average molecular weight is 447 g/mol. The molecule has 4 rings (SSSR count). The Kier molecular flexibility index (Phi) is 6.45. The van der Waals surface area contributed by atoms with Crippen LogP contribution in [-0.4, -0.2) is 61.4 Å². The number of hydrogen-bond acceptors (Lipinski definition) is 6. The summed E-state index contributed by atoms with van der Waals surface area (Å²) in [5, 5.41) is 6.96. The molecule has 9 heteroatoms. The van der Waals surface area contributed by atoms with Gasteiger partial charge in [0.25, 0.3) is 0 Å². The van der Waals surface area contributed by atoms with Crippen molar-refractivity contribution in [1.29, 1.82) is 0 Å². The second kappa shape index (κ2) is 9.10. The fraction of sp³-hybridized carbons (Fsp3) is 0.545. The maximum atomic E-state index is 12.9. The summed E-state index contributed by atoms with van der Waals surface area (Å²) in [6.45, 7) is 5.87. The molecule has 168 valence electrons. The van der Waals surface area contributed by atoms with Crippen LogP contribution in [0.15, 0.2) is 33.7 Å². The maximum Gasteiger partial charge on any atom is 0.248 e. The van der Waals surface area contributed by atoms with Crippen molar-refractivity contribution in [3.05, 3.63) is 46.8 Å². The molecule has 1 aromatic heterocycles. The first-order valence-electron chi connectivity index (χ1n) is 10.9. The highest BCUT2D eigenvalue weighted by atomic mass is 32.2. The third-order valence-corrected chi connectivity index (χ3v) is 8.40. The number of piperazine rings is 1. The number of fused-ring (bicyclic) bond motifs is 1. The highest BCUT2D eigenvalue weighted by molar-refractivity contribution is 7.89. The molecule has 2 aromatic rings. The number of aryl methyl sites for hydroxylation is 3. The quantitative estimate of drug-likeness (QED) is 0.731. The summed E-state index contributed by atoms with van der Waals surface area (Å²) >= 11 is 0. The molecule has 1 aromatic carbocycles. The zero-order chi connectivity index (χ0) is 22.0. The van der Waals surface area contributed by atoms with Crippen molar-refractivity contribution in [3.63, 3.8) is 0 Å². The van der Waals surface area contributed by atoms with E-state index in [-0.39, 0.29) is 16.8 Å². The van der Waals surface area contributed by atoms with Crippen molar-refractivity contribution < 1.29 is 17.7 Å². The van der Waals surface area contributed by atoms with E-state index in [2.05, 4.69) is 33.6 Å². The first kappa shape index (κ1) is 22.0. The van der Waals surface area contributed by atoms with Crippen molar-refractivity contribution >= 4 is 15.9 Å². The number of carbonyl (C=O) groups excluding carboxylic acids is 1. The van der Waals surface area contributed by atoms with Gasteiger partial charge in [-0.1, -0.05) is 29.4 Å². The van der Waals surface area contributed by atoms with Crippen LogP contribution in [0.1, 0.15) is 47.9 Å². The van der Waals surface area contributed by atoms with Crippen LogP contribution in [0.25, 0.3) is 0 Å². The minimum absolute atomic E-state index is 0.0486. The van der Waals surface area contributed by atoms with Crippen molar-refractivity contribution in [2.45, 2.75) is 50.5 Å². The number of hydrogen-bond donors (Lipinski definition) is 1. The predicted molar refractivity (Wildman–Crippen MR) is 116 cm³/mol. The van der Waals surface area contributed by atoms with Crippen LogP contribution in [-0.2, 0) is 21.2 Å². The van der Waals surface area contributed by atoms with Crippen LogP contribution < -0.4 is 5.32 Å². The smallest absolute Gasteiger partial charge is 0.248 e. The molecule has 1 unspecified atom stereocenters. The monoisotopic (exact) mass is 446 g/mol. The SMILES string of the molecule is Cc1noc(C)c1S(=O)(=O)N1CCN(CCC(=O)NC2CCCc3ccccc32)CC1. The molecule has 1 saturated heterocycles. The highest BCUT2D eigenvalue weighted by Crippen LogP contribution is 2.29. The van der Waals surface area contributed by atoms with Gasteiger partial charge in [-0.25, -0.2) is 8.42 Å². The minimum Gasteiger partial charge on any atom is -0.360 e. The summed E-state index contributed by atoms with van der Waals surface area (Å²) < 4.78 is 32.4.